The molecule has 3 heteroatoms. The molecule has 3 nitrogen and oxygen atoms in total. The molecule has 0 aromatic heterocycles. The molecule has 0 bridgehead atoms. The molecule has 1 aliphatic carbocycles. The van der Waals surface area contributed by atoms with Crippen LogP contribution in [0.2, 0.25) is 0 Å². The lowest BCUT2D eigenvalue weighted by Crippen LogP contribution is -2.37. The fraction of sp³-hybridized carbons (Fsp3) is 0.150. The third kappa shape index (κ3) is 1.61. The van der Waals surface area contributed by atoms with Gasteiger partial charge in [-0.1, -0.05) is 30.3 Å². The fourth-order valence-corrected chi connectivity index (χ4v) is 3.93. The van der Waals surface area contributed by atoms with Crippen molar-refractivity contribution in [2.45, 2.75) is 18.3 Å². The number of fused-ring (bicyclic) bond motifs is 2. The predicted octanol–water partition coefficient (Wildman–Crippen LogP) is 2.91. The van der Waals surface area contributed by atoms with Gasteiger partial charge in [0, 0.05) is 22.9 Å². The highest BCUT2D eigenvalue weighted by atomic mass is 16.4. The summed E-state index contributed by atoms with van der Waals surface area (Å²) in [7, 11) is 0. The van der Waals surface area contributed by atoms with Crippen LogP contribution >= 0.6 is 0 Å². The smallest absolute Gasteiger partial charge is 0.154 e. The predicted molar refractivity (Wildman–Crippen MR) is 90.5 cm³/mol. The van der Waals surface area contributed by atoms with E-state index in [1.54, 1.807) is 6.42 Å². The summed E-state index contributed by atoms with van der Waals surface area (Å²) in [6, 6.07) is 16.4. The van der Waals surface area contributed by atoms with Crippen molar-refractivity contribution < 1.29 is 15.3 Å². The van der Waals surface area contributed by atoms with Gasteiger partial charge in [-0.3, -0.25) is 0 Å². The lowest BCUT2D eigenvalue weighted by Gasteiger charge is -2.26. The van der Waals surface area contributed by atoms with Crippen molar-refractivity contribution in [3.63, 3.8) is 0 Å². The van der Waals surface area contributed by atoms with Crippen LogP contribution in [0, 0.1) is 6.42 Å². The van der Waals surface area contributed by atoms with Gasteiger partial charge in [0.2, 0.25) is 0 Å². The molecular formula is C20H15O3+. The summed E-state index contributed by atoms with van der Waals surface area (Å²) >= 11 is 0. The molecule has 0 heterocycles. The van der Waals surface area contributed by atoms with E-state index in [0.29, 0.717) is 5.56 Å². The van der Waals surface area contributed by atoms with Gasteiger partial charge in [0.05, 0.1) is 22.8 Å². The molecule has 23 heavy (non-hydrogen) atoms. The lowest BCUT2D eigenvalue weighted by atomic mass is 9.80. The minimum absolute atomic E-state index is 0.675. The van der Waals surface area contributed by atoms with Gasteiger partial charge in [-0.05, 0) is 16.8 Å². The Hall–Kier alpha value is -2.33. The van der Waals surface area contributed by atoms with Crippen LogP contribution in [0.15, 0.2) is 48.5 Å². The zero-order chi connectivity index (χ0) is 15.7. The second kappa shape index (κ2) is 4.36. The summed E-state index contributed by atoms with van der Waals surface area (Å²) in [5.74, 6) is 0. The molecule has 112 valence electrons. The zero-order valence-corrected chi connectivity index (χ0v) is 12.3. The first kappa shape index (κ1) is 13.1. The molecule has 1 aliphatic rings. The van der Waals surface area contributed by atoms with Crippen LogP contribution < -0.4 is 0 Å². The first-order valence-corrected chi connectivity index (χ1v) is 7.74. The van der Waals surface area contributed by atoms with Crippen molar-refractivity contribution >= 4 is 32.3 Å². The van der Waals surface area contributed by atoms with Gasteiger partial charge in [0.1, 0.15) is 17.8 Å². The van der Waals surface area contributed by atoms with Crippen LogP contribution in [0.5, 0.6) is 0 Å². The Balaban J connectivity index is 1.99. The van der Waals surface area contributed by atoms with Crippen LogP contribution in [0.1, 0.15) is 17.2 Å². The van der Waals surface area contributed by atoms with E-state index in [1.807, 2.05) is 18.2 Å². The van der Waals surface area contributed by atoms with Gasteiger partial charge in [0.15, 0.2) is 6.10 Å². The lowest BCUT2D eigenvalue weighted by molar-refractivity contribution is -0.0531. The van der Waals surface area contributed by atoms with E-state index in [1.165, 1.54) is 16.2 Å². The number of benzene rings is 4. The monoisotopic (exact) mass is 303 g/mol. The largest absolute Gasteiger partial charge is 0.384 e. The Morgan fingerprint density at radius 3 is 2.26 bits per heavy atom. The minimum Gasteiger partial charge on any atom is -0.384 e. The van der Waals surface area contributed by atoms with Gasteiger partial charge >= 0.3 is 0 Å². The number of hydrogen-bond acceptors (Lipinski definition) is 3. The van der Waals surface area contributed by atoms with Crippen molar-refractivity contribution in [1.82, 2.24) is 0 Å². The number of aliphatic hydroxyl groups excluding tert-OH is 3. The van der Waals surface area contributed by atoms with E-state index in [2.05, 4.69) is 30.3 Å². The second-order valence-electron chi connectivity index (χ2n) is 6.33. The van der Waals surface area contributed by atoms with Crippen molar-refractivity contribution in [2.75, 3.05) is 0 Å². The Morgan fingerprint density at radius 2 is 1.48 bits per heavy atom. The maximum Gasteiger partial charge on any atom is 0.154 e. The highest BCUT2D eigenvalue weighted by Gasteiger charge is 2.41. The SMILES string of the molecule is O[C@H]1[C@H](O)c2cc3ccc4cccc5ccc(c2[CH+][C@@H]1O)c3c45. The Bertz CT molecular complexity index is 1040. The summed E-state index contributed by atoms with van der Waals surface area (Å²) in [5.41, 5.74) is 1.50. The van der Waals surface area contributed by atoms with E-state index in [-0.39, 0.29) is 0 Å². The fourth-order valence-electron chi connectivity index (χ4n) is 3.93. The van der Waals surface area contributed by atoms with E-state index < -0.39 is 18.3 Å². The summed E-state index contributed by atoms with van der Waals surface area (Å²) in [4.78, 5) is 0. The Morgan fingerprint density at radius 1 is 0.783 bits per heavy atom. The number of hydrogen-bond donors (Lipinski definition) is 3. The molecule has 5 rings (SSSR count). The van der Waals surface area contributed by atoms with Gasteiger partial charge < -0.3 is 15.3 Å². The molecular weight excluding hydrogens is 288 g/mol. The molecule has 4 aromatic rings. The molecule has 3 N–H and O–H groups in total. The van der Waals surface area contributed by atoms with Crippen molar-refractivity contribution in [3.05, 3.63) is 66.1 Å². The Labute approximate surface area is 132 Å². The molecule has 0 unspecified atom stereocenters. The van der Waals surface area contributed by atoms with Gasteiger partial charge in [-0.15, -0.1) is 0 Å². The summed E-state index contributed by atoms with van der Waals surface area (Å²) < 4.78 is 0. The average Bonchev–Trinajstić information content (AvgIpc) is 2.58. The molecule has 0 radical (unpaired) electrons. The molecule has 0 amide bonds. The minimum atomic E-state index is -1.18. The molecule has 0 aliphatic heterocycles. The number of aliphatic hydroxyl groups is 3. The van der Waals surface area contributed by atoms with Crippen molar-refractivity contribution in [1.29, 1.82) is 0 Å². The van der Waals surface area contributed by atoms with Crippen molar-refractivity contribution in [3.8, 4) is 0 Å². The molecule has 3 atom stereocenters. The first-order valence-electron chi connectivity index (χ1n) is 7.74. The molecule has 0 fully saturated rings. The summed E-state index contributed by atoms with van der Waals surface area (Å²) in [5, 5.41) is 37.1. The Kier molecular flexibility index (Phi) is 2.49. The van der Waals surface area contributed by atoms with E-state index in [0.717, 1.165) is 21.7 Å². The standard InChI is InChI=1S/C20H15O3/c21-16-9-14-13-7-6-11-3-1-2-10-4-5-12(18(13)17(10)11)8-15(14)19(22)20(16)23/h1-9,16,19-23H/q+1/t16-,19+,20+/m0/s1. The third-order valence-corrected chi connectivity index (χ3v) is 5.05. The van der Waals surface area contributed by atoms with Crippen molar-refractivity contribution in [2.24, 2.45) is 0 Å². The van der Waals surface area contributed by atoms with Gasteiger partial charge in [-0.2, -0.15) is 0 Å². The quantitative estimate of drug-likeness (QED) is 0.346. The topological polar surface area (TPSA) is 60.7 Å². The number of rotatable bonds is 0. The normalized spacial score (nSPS) is 24.2. The maximum atomic E-state index is 10.4. The van der Waals surface area contributed by atoms with Crippen LogP contribution in [0.4, 0.5) is 0 Å². The molecule has 0 saturated heterocycles. The molecule has 0 spiro atoms. The average molecular weight is 303 g/mol. The summed E-state index contributed by atoms with van der Waals surface area (Å²) in [6.07, 6.45) is -1.67. The highest BCUT2D eigenvalue weighted by Crippen LogP contribution is 2.42. The molecule has 0 saturated carbocycles. The van der Waals surface area contributed by atoms with Crippen LogP contribution in [0.25, 0.3) is 32.3 Å². The van der Waals surface area contributed by atoms with E-state index in [4.69, 9.17) is 0 Å². The second-order valence-corrected chi connectivity index (χ2v) is 6.33. The van der Waals surface area contributed by atoms with E-state index in [9.17, 15) is 15.3 Å². The highest BCUT2D eigenvalue weighted by molar-refractivity contribution is 6.24. The van der Waals surface area contributed by atoms with Crippen LogP contribution in [0.3, 0.4) is 0 Å². The van der Waals surface area contributed by atoms with E-state index >= 15 is 0 Å². The maximum absolute atomic E-state index is 10.4. The zero-order valence-electron chi connectivity index (χ0n) is 12.3. The van der Waals surface area contributed by atoms with Gasteiger partial charge in [-0.25, -0.2) is 0 Å². The van der Waals surface area contributed by atoms with Crippen LogP contribution in [-0.2, 0) is 0 Å². The first-order chi connectivity index (χ1) is 11.1. The molecule has 4 aromatic carbocycles. The third-order valence-electron chi connectivity index (χ3n) is 5.05. The van der Waals surface area contributed by atoms with Crippen LogP contribution in [-0.4, -0.2) is 27.5 Å². The summed E-state index contributed by atoms with van der Waals surface area (Å²) in [6.45, 7) is 0. The van der Waals surface area contributed by atoms with Gasteiger partial charge in [0.25, 0.3) is 0 Å².